The van der Waals surface area contributed by atoms with Gasteiger partial charge in [0.2, 0.25) is 0 Å². The predicted octanol–water partition coefficient (Wildman–Crippen LogP) is 3.33. The Morgan fingerprint density at radius 1 is 1.25 bits per heavy atom. The summed E-state index contributed by atoms with van der Waals surface area (Å²) in [6, 6.07) is 5.35. The molecule has 86 valence electrons. The lowest BCUT2D eigenvalue weighted by Crippen LogP contribution is -2.10. The van der Waals surface area contributed by atoms with E-state index in [0.717, 1.165) is 18.3 Å². The zero-order valence-electron chi connectivity index (χ0n) is 9.48. The average Bonchev–Trinajstić information content (AvgIpc) is 2.31. The zero-order chi connectivity index (χ0) is 11.4. The van der Waals surface area contributed by atoms with Crippen LogP contribution in [0.4, 0.5) is 0 Å². The van der Waals surface area contributed by atoms with Gasteiger partial charge in [-0.05, 0) is 24.0 Å². The molecule has 2 rings (SSSR count). The third-order valence-electron chi connectivity index (χ3n) is 3.52. The first-order chi connectivity index (χ1) is 7.81. The van der Waals surface area contributed by atoms with E-state index in [1.165, 1.54) is 32.1 Å². The van der Waals surface area contributed by atoms with E-state index < -0.39 is 0 Å². The standard InChI is InChI=1S/C14H18O2/c15-10-13-12(7-4-8-14(13)16)9-11-5-2-1-3-6-11/h4,7-8,10-11,16H,1-3,5-6,9H2. The number of aldehydes is 1. The van der Waals surface area contributed by atoms with Gasteiger partial charge in [0.05, 0.1) is 5.56 Å². The molecule has 2 heteroatoms. The molecule has 0 atom stereocenters. The fourth-order valence-corrected chi connectivity index (χ4v) is 2.62. The van der Waals surface area contributed by atoms with Gasteiger partial charge in [-0.3, -0.25) is 4.79 Å². The number of benzene rings is 1. The molecule has 1 aliphatic rings. The van der Waals surface area contributed by atoms with E-state index in [9.17, 15) is 9.90 Å². The van der Waals surface area contributed by atoms with Gasteiger partial charge >= 0.3 is 0 Å². The molecule has 1 N–H and O–H groups in total. The lowest BCUT2D eigenvalue weighted by atomic mass is 9.84. The zero-order valence-corrected chi connectivity index (χ0v) is 9.48. The minimum atomic E-state index is 0.114. The van der Waals surface area contributed by atoms with Gasteiger partial charge in [0.25, 0.3) is 0 Å². The number of carbonyl (C=O) groups excluding carboxylic acids is 1. The molecule has 2 nitrogen and oxygen atoms in total. The summed E-state index contributed by atoms with van der Waals surface area (Å²) in [5, 5.41) is 9.59. The van der Waals surface area contributed by atoms with Gasteiger partial charge in [-0.15, -0.1) is 0 Å². The topological polar surface area (TPSA) is 37.3 Å². The van der Waals surface area contributed by atoms with Crippen LogP contribution in [0.2, 0.25) is 0 Å². The Hall–Kier alpha value is -1.31. The number of hydrogen-bond donors (Lipinski definition) is 1. The molecule has 0 bridgehead atoms. The van der Waals surface area contributed by atoms with E-state index in [1.54, 1.807) is 6.07 Å². The van der Waals surface area contributed by atoms with Gasteiger partial charge in [0.15, 0.2) is 6.29 Å². The minimum Gasteiger partial charge on any atom is -0.507 e. The highest BCUT2D eigenvalue weighted by atomic mass is 16.3. The molecule has 1 aromatic carbocycles. The highest BCUT2D eigenvalue weighted by Crippen LogP contribution is 2.29. The van der Waals surface area contributed by atoms with E-state index in [0.29, 0.717) is 11.5 Å². The maximum absolute atomic E-state index is 10.9. The van der Waals surface area contributed by atoms with Gasteiger partial charge < -0.3 is 5.11 Å². The third-order valence-corrected chi connectivity index (χ3v) is 3.52. The van der Waals surface area contributed by atoms with Crippen molar-refractivity contribution in [3.8, 4) is 5.75 Å². The first-order valence-electron chi connectivity index (χ1n) is 6.07. The van der Waals surface area contributed by atoms with Crippen molar-refractivity contribution < 1.29 is 9.90 Å². The third kappa shape index (κ3) is 2.43. The maximum Gasteiger partial charge on any atom is 0.154 e. The van der Waals surface area contributed by atoms with Crippen molar-refractivity contribution >= 4 is 6.29 Å². The molecule has 16 heavy (non-hydrogen) atoms. The van der Waals surface area contributed by atoms with Crippen LogP contribution in [0.25, 0.3) is 0 Å². The van der Waals surface area contributed by atoms with Crippen LogP contribution in [0.1, 0.15) is 48.0 Å². The molecule has 0 heterocycles. The summed E-state index contributed by atoms with van der Waals surface area (Å²) in [6.07, 6.45) is 8.18. The van der Waals surface area contributed by atoms with Crippen LogP contribution in [-0.4, -0.2) is 11.4 Å². The Kier molecular flexibility index (Phi) is 3.60. The Morgan fingerprint density at radius 3 is 2.69 bits per heavy atom. The fourth-order valence-electron chi connectivity index (χ4n) is 2.62. The predicted molar refractivity (Wildman–Crippen MR) is 63.8 cm³/mol. The first-order valence-corrected chi connectivity index (χ1v) is 6.07. The van der Waals surface area contributed by atoms with Crippen molar-refractivity contribution in [3.05, 3.63) is 29.3 Å². The van der Waals surface area contributed by atoms with Crippen LogP contribution in [-0.2, 0) is 6.42 Å². The second-order valence-electron chi connectivity index (χ2n) is 4.68. The summed E-state index contributed by atoms with van der Waals surface area (Å²) in [5.41, 5.74) is 1.48. The molecular weight excluding hydrogens is 200 g/mol. The molecule has 1 aliphatic carbocycles. The second kappa shape index (κ2) is 5.15. The number of hydrogen-bond acceptors (Lipinski definition) is 2. The van der Waals surface area contributed by atoms with Gasteiger partial charge in [-0.2, -0.15) is 0 Å². The summed E-state index contributed by atoms with van der Waals surface area (Å²) in [5.74, 6) is 0.803. The molecular formula is C14H18O2. The largest absolute Gasteiger partial charge is 0.507 e. The number of aromatic hydroxyl groups is 1. The highest BCUT2D eigenvalue weighted by molar-refractivity contribution is 5.81. The van der Waals surface area contributed by atoms with E-state index in [2.05, 4.69) is 0 Å². The lowest BCUT2D eigenvalue weighted by molar-refractivity contribution is 0.111. The normalized spacial score (nSPS) is 17.2. The molecule has 0 spiro atoms. The number of rotatable bonds is 3. The average molecular weight is 218 g/mol. The molecule has 1 saturated carbocycles. The van der Waals surface area contributed by atoms with Crippen molar-refractivity contribution in [1.29, 1.82) is 0 Å². The van der Waals surface area contributed by atoms with Gasteiger partial charge in [0, 0.05) is 0 Å². The van der Waals surface area contributed by atoms with Gasteiger partial charge in [0.1, 0.15) is 5.75 Å². The van der Waals surface area contributed by atoms with Crippen LogP contribution < -0.4 is 0 Å². The summed E-state index contributed by atoms with van der Waals surface area (Å²) < 4.78 is 0. The van der Waals surface area contributed by atoms with Crippen LogP contribution in [0.3, 0.4) is 0 Å². The van der Waals surface area contributed by atoms with Gasteiger partial charge in [-0.1, -0.05) is 44.2 Å². The summed E-state index contributed by atoms with van der Waals surface area (Å²) in [6.45, 7) is 0. The first kappa shape index (κ1) is 11.2. The molecule has 0 amide bonds. The Labute approximate surface area is 96.3 Å². The van der Waals surface area contributed by atoms with Crippen molar-refractivity contribution in [2.45, 2.75) is 38.5 Å². The second-order valence-corrected chi connectivity index (χ2v) is 4.68. The molecule has 0 aliphatic heterocycles. The quantitative estimate of drug-likeness (QED) is 0.790. The number of phenolic OH excluding ortho intramolecular Hbond substituents is 1. The van der Waals surface area contributed by atoms with Crippen molar-refractivity contribution in [1.82, 2.24) is 0 Å². The Morgan fingerprint density at radius 2 is 2.00 bits per heavy atom. The monoisotopic (exact) mass is 218 g/mol. The number of phenols is 1. The summed E-state index contributed by atoms with van der Waals surface area (Å²) >= 11 is 0. The van der Waals surface area contributed by atoms with E-state index in [4.69, 9.17) is 0 Å². The van der Waals surface area contributed by atoms with Crippen molar-refractivity contribution in [2.75, 3.05) is 0 Å². The van der Waals surface area contributed by atoms with E-state index >= 15 is 0 Å². The smallest absolute Gasteiger partial charge is 0.154 e. The Bertz CT molecular complexity index is 365. The van der Waals surface area contributed by atoms with Crippen LogP contribution in [0.5, 0.6) is 5.75 Å². The molecule has 1 fully saturated rings. The minimum absolute atomic E-state index is 0.114. The van der Waals surface area contributed by atoms with E-state index in [1.807, 2.05) is 12.1 Å². The van der Waals surface area contributed by atoms with Crippen LogP contribution >= 0.6 is 0 Å². The number of carbonyl (C=O) groups is 1. The molecule has 0 unspecified atom stereocenters. The SMILES string of the molecule is O=Cc1c(O)cccc1CC1CCCCC1. The lowest BCUT2D eigenvalue weighted by Gasteiger charge is -2.22. The Balaban J connectivity index is 2.13. The van der Waals surface area contributed by atoms with Crippen molar-refractivity contribution in [2.24, 2.45) is 5.92 Å². The van der Waals surface area contributed by atoms with Crippen LogP contribution in [0.15, 0.2) is 18.2 Å². The van der Waals surface area contributed by atoms with E-state index in [-0.39, 0.29) is 5.75 Å². The maximum atomic E-state index is 10.9. The summed E-state index contributed by atoms with van der Waals surface area (Å²) in [7, 11) is 0. The molecule has 0 aromatic heterocycles. The van der Waals surface area contributed by atoms with Crippen molar-refractivity contribution in [3.63, 3.8) is 0 Å². The molecule has 1 aromatic rings. The van der Waals surface area contributed by atoms with Gasteiger partial charge in [-0.25, -0.2) is 0 Å². The fraction of sp³-hybridized carbons (Fsp3) is 0.500. The molecule has 0 radical (unpaired) electrons. The molecule has 0 saturated heterocycles. The van der Waals surface area contributed by atoms with Crippen LogP contribution in [0, 0.1) is 5.92 Å². The summed E-state index contributed by atoms with van der Waals surface area (Å²) in [4.78, 5) is 10.9. The highest BCUT2D eigenvalue weighted by Gasteiger charge is 2.16.